The van der Waals surface area contributed by atoms with Crippen LogP contribution in [0.4, 0.5) is 4.39 Å². The van der Waals surface area contributed by atoms with Gasteiger partial charge in [-0.05, 0) is 62.4 Å². The Morgan fingerprint density at radius 1 is 1.17 bits per heavy atom. The van der Waals surface area contributed by atoms with Crippen LogP contribution in [0.5, 0.6) is 0 Å². The molecule has 1 amide bonds. The minimum absolute atomic E-state index is 0.00152. The van der Waals surface area contributed by atoms with Crippen LogP contribution >= 0.6 is 0 Å². The molecule has 1 aromatic heterocycles. The van der Waals surface area contributed by atoms with Crippen molar-refractivity contribution in [3.63, 3.8) is 0 Å². The quantitative estimate of drug-likeness (QED) is 0.749. The molecule has 0 radical (unpaired) electrons. The van der Waals surface area contributed by atoms with Crippen molar-refractivity contribution in [1.29, 1.82) is 0 Å². The third-order valence-electron chi connectivity index (χ3n) is 5.90. The van der Waals surface area contributed by atoms with Gasteiger partial charge in [0.2, 0.25) is 5.91 Å². The van der Waals surface area contributed by atoms with Gasteiger partial charge in [-0.15, -0.1) is 0 Å². The highest BCUT2D eigenvalue weighted by atomic mass is 19.1. The highest BCUT2D eigenvalue weighted by Crippen LogP contribution is 2.18. The largest absolute Gasteiger partial charge is 0.354 e. The lowest BCUT2D eigenvalue weighted by atomic mass is 9.97. The molecule has 1 aromatic carbocycles. The smallest absolute Gasteiger partial charge is 0.237 e. The molecule has 29 heavy (non-hydrogen) atoms. The Balaban J connectivity index is 1.24. The van der Waals surface area contributed by atoms with Gasteiger partial charge in [0.1, 0.15) is 5.82 Å². The number of hydrogen-bond acceptors (Lipinski definition) is 4. The summed E-state index contributed by atoms with van der Waals surface area (Å²) in [5.74, 6) is 0.440. The van der Waals surface area contributed by atoms with Crippen molar-refractivity contribution < 1.29 is 9.18 Å². The Kier molecular flexibility index (Phi) is 6.56. The van der Waals surface area contributed by atoms with Crippen LogP contribution in [-0.4, -0.2) is 52.8 Å². The standard InChI is InChI=1S/C22H30FN5O/c23-20-7-5-17(6-8-20)15-28-16-19(12-26-28)14-27-10-2-3-18(13-27)11-25-22(29)21-4-1-9-24-21/h5-8,12,16,18,21,24H,1-4,9-11,13-15H2,(H,25,29). The van der Waals surface area contributed by atoms with Crippen molar-refractivity contribution >= 4 is 5.91 Å². The number of hydrogen-bond donors (Lipinski definition) is 2. The molecule has 6 nitrogen and oxygen atoms in total. The summed E-state index contributed by atoms with van der Waals surface area (Å²) in [6.45, 7) is 5.31. The molecular weight excluding hydrogens is 369 g/mol. The number of aromatic nitrogens is 2. The van der Waals surface area contributed by atoms with Crippen molar-refractivity contribution in [1.82, 2.24) is 25.3 Å². The van der Waals surface area contributed by atoms with Crippen LogP contribution in [0.15, 0.2) is 36.7 Å². The van der Waals surface area contributed by atoms with E-state index in [9.17, 15) is 9.18 Å². The molecule has 2 N–H and O–H groups in total. The van der Waals surface area contributed by atoms with Crippen LogP contribution in [0.25, 0.3) is 0 Å². The number of nitrogens with one attached hydrogen (secondary N) is 2. The Morgan fingerprint density at radius 2 is 2.03 bits per heavy atom. The molecule has 2 atom stereocenters. The molecule has 0 spiro atoms. The van der Waals surface area contributed by atoms with Crippen molar-refractivity contribution in [3.05, 3.63) is 53.6 Å². The third kappa shape index (κ3) is 5.64. The van der Waals surface area contributed by atoms with E-state index in [4.69, 9.17) is 0 Å². The lowest BCUT2D eigenvalue weighted by molar-refractivity contribution is -0.123. The summed E-state index contributed by atoms with van der Waals surface area (Å²) in [6.07, 6.45) is 8.35. The molecule has 4 rings (SSSR count). The normalized spacial score (nSPS) is 22.7. The molecule has 2 fully saturated rings. The van der Waals surface area contributed by atoms with Crippen molar-refractivity contribution in [3.8, 4) is 0 Å². The molecule has 2 unspecified atom stereocenters. The Morgan fingerprint density at radius 3 is 2.83 bits per heavy atom. The summed E-state index contributed by atoms with van der Waals surface area (Å²) in [5.41, 5.74) is 2.22. The van der Waals surface area contributed by atoms with E-state index >= 15 is 0 Å². The van der Waals surface area contributed by atoms with E-state index in [2.05, 4.69) is 26.8 Å². The van der Waals surface area contributed by atoms with Gasteiger partial charge in [0.15, 0.2) is 0 Å². The third-order valence-corrected chi connectivity index (χ3v) is 5.90. The average molecular weight is 400 g/mol. The zero-order chi connectivity index (χ0) is 20.1. The second kappa shape index (κ2) is 9.50. The van der Waals surface area contributed by atoms with Crippen molar-refractivity contribution in [2.75, 3.05) is 26.2 Å². The zero-order valence-electron chi connectivity index (χ0n) is 16.8. The van der Waals surface area contributed by atoms with Gasteiger partial charge in [-0.2, -0.15) is 5.10 Å². The summed E-state index contributed by atoms with van der Waals surface area (Å²) in [6, 6.07) is 6.55. The first-order valence-corrected chi connectivity index (χ1v) is 10.6. The monoisotopic (exact) mass is 399 g/mol. The number of benzene rings is 1. The SMILES string of the molecule is O=C(NCC1CCCN(Cc2cnn(Cc3ccc(F)cc3)c2)C1)C1CCCN1. The Hall–Kier alpha value is -2.25. The van der Waals surface area contributed by atoms with E-state index in [1.807, 2.05) is 10.9 Å². The van der Waals surface area contributed by atoms with Gasteiger partial charge in [-0.3, -0.25) is 14.4 Å². The fourth-order valence-corrected chi connectivity index (χ4v) is 4.35. The van der Waals surface area contributed by atoms with Gasteiger partial charge < -0.3 is 10.6 Å². The number of carbonyl (C=O) groups is 1. The highest BCUT2D eigenvalue weighted by molar-refractivity contribution is 5.81. The van der Waals surface area contributed by atoms with E-state index in [1.165, 1.54) is 24.1 Å². The van der Waals surface area contributed by atoms with Crippen molar-refractivity contribution in [2.45, 2.75) is 44.8 Å². The number of halogens is 1. The summed E-state index contributed by atoms with van der Waals surface area (Å²) < 4.78 is 14.9. The molecule has 2 aliphatic rings. The van der Waals surface area contributed by atoms with Crippen LogP contribution in [0.2, 0.25) is 0 Å². The first-order chi connectivity index (χ1) is 14.2. The molecule has 0 aliphatic carbocycles. The highest BCUT2D eigenvalue weighted by Gasteiger charge is 2.24. The number of likely N-dealkylation sites (tertiary alicyclic amines) is 1. The fourth-order valence-electron chi connectivity index (χ4n) is 4.35. The van der Waals surface area contributed by atoms with Crippen LogP contribution in [0.1, 0.15) is 36.8 Å². The number of amides is 1. The number of piperidine rings is 1. The van der Waals surface area contributed by atoms with Crippen LogP contribution in [0, 0.1) is 11.7 Å². The molecule has 2 aromatic rings. The Bertz CT molecular complexity index is 800. The molecule has 2 saturated heterocycles. The second-order valence-corrected chi connectivity index (χ2v) is 8.31. The van der Waals surface area contributed by atoms with Crippen LogP contribution in [0.3, 0.4) is 0 Å². The van der Waals surface area contributed by atoms with Gasteiger partial charge >= 0.3 is 0 Å². The minimum atomic E-state index is -0.217. The van der Waals surface area contributed by atoms with E-state index < -0.39 is 0 Å². The summed E-state index contributed by atoms with van der Waals surface area (Å²) in [5, 5.41) is 10.9. The number of nitrogens with zero attached hydrogens (tertiary/aromatic N) is 3. The predicted octanol–water partition coefficient (Wildman–Crippen LogP) is 2.15. The van der Waals surface area contributed by atoms with Crippen molar-refractivity contribution in [2.24, 2.45) is 5.92 Å². The zero-order valence-corrected chi connectivity index (χ0v) is 16.8. The van der Waals surface area contributed by atoms with Gasteiger partial charge in [0.05, 0.1) is 18.8 Å². The molecule has 3 heterocycles. The maximum atomic E-state index is 13.0. The second-order valence-electron chi connectivity index (χ2n) is 8.31. The first-order valence-electron chi connectivity index (χ1n) is 10.6. The molecule has 7 heteroatoms. The van der Waals surface area contributed by atoms with Gasteiger partial charge in [0, 0.05) is 31.4 Å². The molecule has 156 valence electrons. The maximum absolute atomic E-state index is 13.0. The predicted molar refractivity (Wildman–Crippen MR) is 110 cm³/mol. The first kappa shape index (κ1) is 20.0. The number of carbonyl (C=O) groups excluding carboxylic acids is 1. The average Bonchev–Trinajstić information content (AvgIpc) is 3.41. The summed E-state index contributed by atoms with van der Waals surface area (Å²) in [7, 11) is 0. The van der Waals surface area contributed by atoms with Gasteiger partial charge in [-0.1, -0.05) is 12.1 Å². The maximum Gasteiger partial charge on any atom is 0.237 e. The topological polar surface area (TPSA) is 62.2 Å². The summed E-state index contributed by atoms with van der Waals surface area (Å²) in [4.78, 5) is 14.7. The molecule has 0 bridgehead atoms. The van der Waals surface area contributed by atoms with Crippen LogP contribution < -0.4 is 10.6 Å². The summed E-state index contributed by atoms with van der Waals surface area (Å²) >= 11 is 0. The van der Waals surface area contributed by atoms with E-state index in [0.29, 0.717) is 12.5 Å². The molecular formula is C22H30FN5O. The Labute approximate surface area is 171 Å². The lowest BCUT2D eigenvalue weighted by Gasteiger charge is -2.32. The lowest BCUT2D eigenvalue weighted by Crippen LogP contribution is -2.45. The van der Waals surface area contributed by atoms with E-state index in [0.717, 1.165) is 57.5 Å². The van der Waals surface area contributed by atoms with E-state index in [-0.39, 0.29) is 17.8 Å². The van der Waals surface area contributed by atoms with Crippen LogP contribution in [-0.2, 0) is 17.9 Å². The fraction of sp³-hybridized carbons (Fsp3) is 0.545. The number of rotatable bonds is 7. The van der Waals surface area contributed by atoms with E-state index in [1.54, 1.807) is 12.1 Å². The van der Waals surface area contributed by atoms with Gasteiger partial charge in [-0.25, -0.2) is 4.39 Å². The molecule has 2 aliphatic heterocycles. The molecule has 0 saturated carbocycles. The van der Waals surface area contributed by atoms with Gasteiger partial charge in [0.25, 0.3) is 0 Å². The minimum Gasteiger partial charge on any atom is -0.354 e.